The van der Waals surface area contributed by atoms with Crippen LogP contribution in [0.3, 0.4) is 0 Å². The maximum absolute atomic E-state index is 10.7. The Bertz CT molecular complexity index is 316. The molecule has 1 aromatic heterocycles. The second kappa shape index (κ2) is 2.71. The van der Waals surface area contributed by atoms with Gasteiger partial charge in [0.05, 0.1) is 5.69 Å². The lowest BCUT2D eigenvalue weighted by molar-refractivity contribution is 0.111. The SMILES string of the molecule is Cn1nc2c(c1C=O)CCNC2. The van der Waals surface area contributed by atoms with Crippen molar-refractivity contribution in [2.24, 2.45) is 7.05 Å². The Kier molecular flexibility index (Phi) is 1.69. The van der Waals surface area contributed by atoms with E-state index in [1.54, 1.807) is 4.68 Å². The summed E-state index contributed by atoms with van der Waals surface area (Å²) in [4.78, 5) is 10.7. The number of hydrogen-bond acceptors (Lipinski definition) is 3. The van der Waals surface area contributed by atoms with E-state index in [1.165, 1.54) is 0 Å². The molecule has 12 heavy (non-hydrogen) atoms. The molecule has 0 atom stereocenters. The molecule has 1 aliphatic rings. The topological polar surface area (TPSA) is 46.9 Å². The average molecular weight is 165 g/mol. The van der Waals surface area contributed by atoms with Crippen molar-refractivity contribution < 1.29 is 4.79 Å². The molecule has 0 bridgehead atoms. The molecule has 0 radical (unpaired) electrons. The lowest BCUT2D eigenvalue weighted by Crippen LogP contribution is -2.23. The molecule has 0 unspecified atom stereocenters. The molecule has 4 heteroatoms. The molecule has 1 aliphatic heterocycles. The number of aromatic nitrogens is 2. The zero-order valence-corrected chi connectivity index (χ0v) is 7.00. The summed E-state index contributed by atoms with van der Waals surface area (Å²) < 4.78 is 1.66. The van der Waals surface area contributed by atoms with Gasteiger partial charge in [-0.25, -0.2) is 0 Å². The summed E-state index contributed by atoms with van der Waals surface area (Å²) >= 11 is 0. The van der Waals surface area contributed by atoms with Gasteiger partial charge in [-0.15, -0.1) is 0 Å². The van der Waals surface area contributed by atoms with Crippen LogP contribution in [-0.4, -0.2) is 22.6 Å². The van der Waals surface area contributed by atoms with E-state index in [9.17, 15) is 4.79 Å². The van der Waals surface area contributed by atoms with Crippen molar-refractivity contribution in [1.29, 1.82) is 0 Å². The summed E-state index contributed by atoms with van der Waals surface area (Å²) in [6, 6.07) is 0. The summed E-state index contributed by atoms with van der Waals surface area (Å²) in [5.41, 5.74) is 2.86. The average Bonchev–Trinajstić information content (AvgIpc) is 2.40. The number of hydrogen-bond donors (Lipinski definition) is 1. The molecular weight excluding hydrogens is 154 g/mol. The van der Waals surface area contributed by atoms with Gasteiger partial charge in [0.15, 0.2) is 6.29 Å². The third-order valence-electron chi connectivity index (χ3n) is 2.23. The van der Waals surface area contributed by atoms with Gasteiger partial charge >= 0.3 is 0 Å². The number of fused-ring (bicyclic) bond motifs is 1. The van der Waals surface area contributed by atoms with Crippen molar-refractivity contribution in [1.82, 2.24) is 15.1 Å². The Morgan fingerprint density at radius 1 is 1.67 bits per heavy atom. The fourth-order valence-electron chi connectivity index (χ4n) is 1.62. The van der Waals surface area contributed by atoms with Gasteiger partial charge in [-0.2, -0.15) is 5.10 Å². The van der Waals surface area contributed by atoms with Crippen LogP contribution in [0.5, 0.6) is 0 Å². The predicted molar refractivity (Wildman–Crippen MR) is 44.0 cm³/mol. The van der Waals surface area contributed by atoms with E-state index >= 15 is 0 Å². The smallest absolute Gasteiger partial charge is 0.168 e. The van der Waals surface area contributed by atoms with Crippen molar-refractivity contribution in [3.05, 3.63) is 17.0 Å². The predicted octanol–water partition coefficient (Wildman–Crippen LogP) is -0.122. The second-order valence-corrected chi connectivity index (χ2v) is 2.98. The zero-order chi connectivity index (χ0) is 8.55. The molecule has 0 fully saturated rings. The molecule has 64 valence electrons. The Balaban J connectivity index is 2.53. The van der Waals surface area contributed by atoms with E-state index in [0.717, 1.165) is 42.7 Å². The molecule has 2 rings (SSSR count). The van der Waals surface area contributed by atoms with Gasteiger partial charge in [-0.05, 0) is 13.0 Å². The van der Waals surface area contributed by atoms with Crippen LogP contribution >= 0.6 is 0 Å². The van der Waals surface area contributed by atoms with Gasteiger partial charge < -0.3 is 5.32 Å². The first-order valence-corrected chi connectivity index (χ1v) is 4.03. The quantitative estimate of drug-likeness (QED) is 0.590. The van der Waals surface area contributed by atoms with Crippen molar-refractivity contribution >= 4 is 6.29 Å². The largest absolute Gasteiger partial charge is 0.311 e. The molecule has 0 spiro atoms. The lowest BCUT2D eigenvalue weighted by atomic mass is 10.1. The van der Waals surface area contributed by atoms with Gasteiger partial charge in [-0.3, -0.25) is 9.48 Å². The highest BCUT2D eigenvalue weighted by atomic mass is 16.1. The summed E-state index contributed by atoms with van der Waals surface area (Å²) in [7, 11) is 1.81. The lowest BCUT2D eigenvalue weighted by Gasteiger charge is -2.10. The minimum atomic E-state index is 0.728. The van der Waals surface area contributed by atoms with Crippen molar-refractivity contribution in [2.45, 2.75) is 13.0 Å². The number of carbonyl (C=O) groups excluding carboxylic acids is 1. The Morgan fingerprint density at radius 3 is 3.25 bits per heavy atom. The third kappa shape index (κ3) is 0.956. The maximum Gasteiger partial charge on any atom is 0.168 e. The van der Waals surface area contributed by atoms with Crippen LogP contribution in [0.4, 0.5) is 0 Å². The number of aryl methyl sites for hydroxylation is 1. The van der Waals surface area contributed by atoms with Gasteiger partial charge in [0.2, 0.25) is 0 Å². The first-order valence-electron chi connectivity index (χ1n) is 4.03. The highest BCUT2D eigenvalue weighted by Gasteiger charge is 2.17. The Labute approximate surface area is 70.6 Å². The van der Waals surface area contributed by atoms with E-state index in [0.29, 0.717) is 0 Å². The normalized spacial score (nSPS) is 15.8. The highest BCUT2D eigenvalue weighted by molar-refractivity contribution is 5.75. The highest BCUT2D eigenvalue weighted by Crippen LogP contribution is 2.15. The number of nitrogens with one attached hydrogen (secondary N) is 1. The summed E-state index contributed by atoms with van der Waals surface area (Å²) in [5.74, 6) is 0. The van der Waals surface area contributed by atoms with E-state index in [1.807, 2.05) is 7.05 Å². The molecule has 0 amide bonds. The minimum absolute atomic E-state index is 0.728. The van der Waals surface area contributed by atoms with E-state index in [-0.39, 0.29) is 0 Å². The van der Waals surface area contributed by atoms with E-state index < -0.39 is 0 Å². The van der Waals surface area contributed by atoms with E-state index in [4.69, 9.17) is 0 Å². The number of nitrogens with zero attached hydrogens (tertiary/aromatic N) is 2. The van der Waals surface area contributed by atoms with Gasteiger partial charge in [-0.1, -0.05) is 0 Å². The summed E-state index contributed by atoms with van der Waals surface area (Å²) in [6.45, 7) is 1.73. The minimum Gasteiger partial charge on any atom is -0.311 e. The molecule has 1 aromatic rings. The first kappa shape index (κ1) is 7.49. The molecule has 0 saturated carbocycles. The molecule has 0 aromatic carbocycles. The fourth-order valence-corrected chi connectivity index (χ4v) is 1.62. The Hall–Kier alpha value is -1.16. The van der Waals surface area contributed by atoms with Crippen molar-refractivity contribution in [3.8, 4) is 0 Å². The standard InChI is InChI=1S/C8H11N3O/c1-11-8(5-12)6-2-3-9-4-7(6)10-11/h5,9H,2-4H2,1H3. The molecule has 1 N–H and O–H groups in total. The van der Waals surface area contributed by atoms with Crippen LogP contribution in [0.1, 0.15) is 21.7 Å². The van der Waals surface area contributed by atoms with Crippen LogP contribution < -0.4 is 5.32 Å². The summed E-state index contributed by atoms with van der Waals surface area (Å²) in [5, 5.41) is 7.46. The van der Waals surface area contributed by atoms with E-state index in [2.05, 4.69) is 10.4 Å². The maximum atomic E-state index is 10.7. The van der Waals surface area contributed by atoms with Gasteiger partial charge in [0.25, 0.3) is 0 Å². The molecule has 2 heterocycles. The Morgan fingerprint density at radius 2 is 2.50 bits per heavy atom. The number of carbonyl (C=O) groups is 1. The number of rotatable bonds is 1. The van der Waals surface area contributed by atoms with Crippen molar-refractivity contribution in [2.75, 3.05) is 6.54 Å². The molecule has 0 aliphatic carbocycles. The second-order valence-electron chi connectivity index (χ2n) is 2.98. The van der Waals surface area contributed by atoms with Crippen LogP contribution in [0.15, 0.2) is 0 Å². The molecule has 4 nitrogen and oxygen atoms in total. The number of aldehydes is 1. The third-order valence-corrected chi connectivity index (χ3v) is 2.23. The summed E-state index contributed by atoms with van der Waals surface area (Å²) in [6.07, 6.45) is 1.80. The van der Waals surface area contributed by atoms with Crippen LogP contribution in [-0.2, 0) is 20.0 Å². The van der Waals surface area contributed by atoms with Crippen molar-refractivity contribution in [3.63, 3.8) is 0 Å². The van der Waals surface area contributed by atoms with Crippen LogP contribution in [0.25, 0.3) is 0 Å². The fraction of sp³-hybridized carbons (Fsp3) is 0.500. The zero-order valence-electron chi connectivity index (χ0n) is 7.00. The monoisotopic (exact) mass is 165 g/mol. The van der Waals surface area contributed by atoms with Gasteiger partial charge in [0.1, 0.15) is 5.69 Å². The van der Waals surface area contributed by atoms with Crippen LogP contribution in [0, 0.1) is 0 Å². The van der Waals surface area contributed by atoms with Gasteiger partial charge in [0, 0.05) is 19.2 Å². The molecular formula is C8H11N3O. The first-order chi connectivity index (χ1) is 5.83. The van der Waals surface area contributed by atoms with Crippen LogP contribution in [0.2, 0.25) is 0 Å². The molecule has 0 saturated heterocycles.